The van der Waals surface area contributed by atoms with Crippen molar-refractivity contribution in [3.05, 3.63) is 63.7 Å². The topological polar surface area (TPSA) is 82.0 Å². The fourth-order valence-corrected chi connectivity index (χ4v) is 4.62. The van der Waals surface area contributed by atoms with Gasteiger partial charge in [0, 0.05) is 35.7 Å². The number of hydrogen-bond donors (Lipinski definition) is 1. The molecule has 0 radical (unpaired) electrons. The number of aromatic nitrogens is 4. The Hall–Kier alpha value is -3.34. The molecule has 5 rings (SSSR count). The monoisotopic (exact) mass is 460 g/mol. The largest absolute Gasteiger partial charge is 0.341 e. The third-order valence-electron chi connectivity index (χ3n) is 6.05. The van der Waals surface area contributed by atoms with Crippen LogP contribution in [-0.4, -0.2) is 38.2 Å². The highest BCUT2D eigenvalue weighted by Crippen LogP contribution is 2.22. The summed E-state index contributed by atoms with van der Waals surface area (Å²) >= 11 is 6.09. The zero-order valence-electron chi connectivity index (χ0n) is 18.5. The zero-order valence-corrected chi connectivity index (χ0v) is 19.2. The van der Waals surface area contributed by atoms with E-state index in [1.54, 1.807) is 11.5 Å². The molecular weight excluding hydrogens is 436 g/mol. The number of pyridine rings is 1. The van der Waals surface area contributed by atoms with E-state index in [4.69, 9.17) is 27.3 Å². The Morgan fingerprint density at radius 1 is 1.18 bits per heavy atom. The summed E-state index contributed by atoms with van der Waals surface area (Å²) in [6.45, 7) is 4.04. The second kappa shape index (κ2) is 8.89. The van der Waals surface area contributed by atoms with E-state index in [2.05, 4.69) is 16.7 Å². The van der Waals surface area contributed by atoms with Gasteiger partial charge in [-0.25, -0.2) is 4.98 Å². The van der Waals surface area contributed by atoms with Crippen LogP contribution in [0.4, 0.5) is 5.95 Å². The van der Waals surface area contributed by atoms with Crippen molar-refractivity contribution in [2.24, 2.45) is 5.73 Å². The molecule has 2 N–H and O–H groups in total. The Kier molecular flexibility index (Phi) is 5.79. The molecule has 1 aliphatic heterocycles. The van der Waals surface area contributed by atoms with Crippen LogP contribution < -0.4 is 16.2 Å². The molecule has 33 heavy (non-hydrogen) atoms. The molecular formula is C25H25ClN6O. The zero-order chi connectivity index (χ0) is 22.9. The lowest BCUT2D eigenvalue weighted by molar-refractivity contribution is 0.492. The van der Waals surface area contributed by atoms with Crippen molar-refractivity contribution < 1.29 is 0 Å². The summed E-state index contributed by atoms with van der Waals surface area (Å²) in [4.78, 5) is 25.4. The standard InChI is InChI=1S/C25H25ClN6O/c1-2-3-12-32-24(33)23-22(29-25(32)31-11-4-5-19(27)15-31)10-13-30(23)16-20-8-6-17-14-18(26)7-9-21(17)28-20/h6-10,13-14,19H,4-5,11-12,15-16,27H2,1H3/t19-/m1/s1. The molecule has 1 atom stereocenters. The van der Waals surface area contributed by atoms with Crippen LogP contribution >= 0.6 is 11.6 Å². The molecule has 1 aliphatic rings. The van der Waals surface area contributed by atoms with E-state index in [9.17, 15) is 4.79 Å². The second-order valence-electron chi connectivity index (χ2n) is 8.40. The highest BCUT2D eigenvalue weighted by atomic mass is 35.5. The maximum absolute atomic E-state index is 13.6. The van der Waals surface area contributed by atoms with Gasteiger partial charge in [0.1, 0.15) is 5.52 Å². The molecule has 0 unspecified atom stereocenters. The van der Waals surface area contributed by atoms with Crippen LogP contribution in [0.3, 0.4) is 0 Å². The molecule has 4 aromatic rings. The van der Waals surface area contributed by atoms with Gasteiger partial charge in [0.2, 0.25) is 5.95 Å². The van der Waals surface area contributed by atoms with Crippen molar-refractivity contribution in [1.29, 1.82) is 0 Å². The van der Waals surface area contributed by atoms with Crippen LogP contribution in [0.15, 0.2) is 47.4 Å². The van der Waals surface area contributed by atoms with Crippen LogP contribution in [0.1, 0.15) is 25.5 Å². The Balaban J connectivity index is 1.57. The van der Waals surface area contributed by atoms with E-state index in [1.807, 2.05) is 47.2 Å². The first-order chi connectivity index (χ1) is 16.0. The third-order valence-corrected chi connectivity index (χ3v) is 6.28. The van der Waals surface area contributed by atoms with Crippen molar-refractivity contribution in [2.75, 3.05) is 18.0 Å². The molecule has 3 aromatic heterocycles. The fourth-order valence-electron chi connectivity index (χ4n) is 4.44. The molecule has 0 spiro atoms. The van der Waals surface area contributed by atoms with Gasteiger partial charge in [-0.3, -0.25) is 14.3 Å². The maximum Gasteiger partial charge on any atom is 0.280 e. The van der Waals surface area contributed by atoms with Gasteiger partial charge in [-0.15, -0.1) is 5.92 Å². The van der Waals surface area contributed by atoms with Crippen LogP contribution in [0, 0.1) is 11.8 Å². The van der Waals surface area contributed by atoms with Gasteiger partial charge < -0.3 is 15.2 Å². The van der Waals surface area contributed by atoms with E-state index in [0.29, 0.717) is 41.6 Å². The van der Waals surface area contributed by atoms with Crippen LogP contribution in [0.2, 0.25) is 5.02 Å². The van der Waals surface area contributed by atoms with Gasteiger partial charge in [-0.2, -0.15) is 0 Å². The summed E-state index contributed by atoms with van der Waals surface area (Å²) < 4.78 is 3.58. The summed E-state index contributed by atoms with van der Waals surface area (Å²) in [6, 6.07) is 11.6. The van der Waals surface area contributed by atoms with E-state index in [-0.39, 0.29) is 11.6 Å². The average molecular weight is 461 g/mol. The van der Waals surface area contributed by atoms with E-state index >= 15 is 0 Å². The number of piperidine rings is 1. The number of rotatable bonds is 4. The van der Waals surface area contributed by atoms with E-state index in [0.717, 1.165) is 36.0 Å². The number of anilines is 1. The number of hydrogen-bond acceptors (Lipinski definition) is 5. The minimum Gasteiger partial charge on any atom is -0.341 e. The first-order valence-corrected chi connectivity index (χ1v) is 11.5. The molecule has 4 heterocycles. The predicted octanol–water partition coefficient (Wildman–Crippen LogP) is 3.40. The Morgan fingerprint density at radius 3 is 2.88 bits per heavy atom. The lowest BCUT2D eigenvalue weighted by Gasteiger charge is -2.32. The van der Waals surface area contributed by atoms with Crippen molar-refractivity contribution >= 4 is 39.5 Å². The second-order valence-corrected chi connectivity index (χ2v) is 8.83. The average Bonchev–Trinajstić information content (AvgIpc) is 3.21. The number of nitrogens with zero attached hydrogens (tertiary/aromatic N) is 5. The van der Waals surface area contributed by atoms with E-state index < -0.39 is 0 Å². The van der Waals surface area contributed by atoms with Crippen LogP contribution in [0.25, 0.3) is 21.9 Å². The predicted molar refractivity (Wildman–Crippen MR) is 133 cm³/mol. The number of nitrogens with two attached hydrogens (primary N) is 1. The molecule has 0 bridgehead atoms. The summed E-state index contributed by atoms with van der Waals surface area (Å²) in [5, 5.41) is 1.66. The lowest BCUT2D eigenvalue weighted by Crippen LogP contribution is -2.45. The van der Waals surface area contributed by atoms with Gasteiger partial charge in [0.05, 0.1) is 29.8 Å². The highest BCUT2D eigenvalue weighted by Gasteiger charge is 2.23. The summed E-state index contributed by atoms with van der Waals surface area (Å²) in [5.41, 5.74) is 9.04. The summed E-state index contributed by atoms with van der Waals surface area (Å²) in [7, 11) is 0. The number of benzene rings is 1. The number of halogens is 1. The quantitative estimate of drug-likeness (QED) is 0.472. The minimum absolute atomic E-state index is 0.0792. The van der Waals surface area contributed by atoms with Gasteiger partial charge in [0.25, 0.3) is 5.56 Å². The highest BCUT2D eigenvalue weighted by molar-refractivity contribution is 6.31. The van der Waals surface area contributed by atoms with E-state index in [1.165, 1.54) is 0 Å². The Bertz CT molecular complexity index is 1460. The third kappa shape index (κ3) is 4.20. The smallest absolute Gasteiger partial charge is 0.280 e. The molecule has 0 aliphatic carbocycles. The summed E-state index contributed by atoms with van der Waals surface area (Å²) in [6.07, 6.45) is 3.86. The van der Waals surface area contributed by atoms with Crippen molar-refractivity contribution in [1.82, 2.24) is 19.1 Å². The normalized spacial score (nSPS) is 16.2. The van der Waals surface area contributed by atoms with Gasteiger partial charge in [-0.05, 0) is 50.1 Å². The maximum atomic E-state index is 13.6. The molecule has 0 saturated carbocycles. The molecule has 1 saturated heterocycles. The summed E-state index contributed by atoms with van der Waals surface area (Å²) in [5.74, 6) is 6.56. The SMILES string of the molecule is CC#CCn1c(N2CCC[C@@H](N)C2)nc2ccn(Cc3ccc4cc(Cl)ccc4n3)c2c1=O. The van der Waals surface area contributed by atoms with Crippen molar-refractivity contribution in [3.63, 3.8) is 0 Å². The van der Waals surface area contributed by atoms with Crippen LogP contribution in [0.5, 0.6) is 0 Å². The molecule has 1 aromatic carbocycles. The minimum atomic E-state index is -0.102. The lowest BCUT2D eigenvalue weighted by atomic mass is 10.1. The van der Waals surface area contributed by atoms with Gasteiger partial charge >= 0.3 is 0 Å². The first kappa shape index (κ1) is 21.5. The molecule has 7 nitrogen and oxygen atoms in total. The number of fused-ring (bicyclic) bond motifs is 2. The van der Waals surface area contributed by atoms with Gasteiger partial charge in [0.15, 0.2) is 0 Å². The Labute approximate surface area is 196 Å². The molecule has 8 heteroatoms. The molecule has 0 amide bonds. The molecule has 168 valence electrons. The van der Waals surface area contributed by atoms with Gasteiger partial charge in [-0.1, -0.05) is 23.6 Å². The van der Waals surface area contributed by atoms with Crippen molar-refractivity contribution in [3.8, 4) is 11.8 Å². The van der Waals surface area contributed by atoms with Crippen LogP contribution in [-0.2, 0) is 13.1 Å². The van der Waals surface area contributed by atoms with Crippen molar-refractivity contribution in [2.45, 2.75) is 38.9 Å². The Morgan fingerprint density at radius 2 is 2.06 bits per heavy atom. The first-order valence-electron chi connectivity index (χ1n) is 11.1. The fraction of sp³-hybridized carbons (Fsp3) is 0.320. The molecule has 1 fully saturated rings.